The molecule has 1 saturated heterocycles. The van der Waals surface area contributed by atoms with Gasteiger partial charge in [-0.2, -0.15) is 0 Å². The van der Waals surface area contributed by atoms with Crippen molar-refractivity contribution < 1.29 is 14.7 Å². The fraction of sp³-hybridized carbons (Fsp3) is 0.833. The molecule has 0 saturated carbocycles. The number of carbonyl (C=O) groups is 2. The van der Waals surface area contributed by atoms with Crippen molar-refractivity contribution in [1.29, 1.82) is 0 Å². The van der Waals surface area contributed by atoms with Crippen LogP contribution in [0, 0.1) is 0 Å². The topological polar surface area (TPSA) is 72.9 Å². The van der Waals surface area contributed by atoms with Crippen LogP contribution in [0.3, 0.4) is 0 Å². The molecule has 2 N–H and O–H groups in total. The van der Waals surface area contributed by atoms with Crippen molar-refractivity contribution in [2.75, 3.05) is 33.7 Å². The highest BCUT2D eigenvalue weighted by Crippen LogP contribution is 2.17. The SMILES string of the molecule is CC(=O)NC(CN1CCCC1CN(C)C)C(=O)O. The van der Waals surface area contributed by atoms with Crippen LogP contribution in [0.1, 0.15) is 19.8 Å². The van der Waals surface area contributed by atoms with Crippen molar-refractivity contribution in [2.45, 2.75) is 31.8 Å². The van der Waals surface area contributed by atoms with Crippen molar-refractivity contribution in [2.24, 2.45) is 0 Å². The van der Waals surface area contributed by atoms with Gasteiger partial charge in [-0.05, 0) is 33.5 Å². The third kappa shape index (κ3) is 4.62. The summed E-state index contributed by atoms with van der Waals surface area (Å²) in [6.45, 7) is 3.55. The summed E-state index contributed by atoms with van der Waals surface area (Å²) in [6, 6.07) is -0.430. The Morgan fingerprint density at radius 1 is 1.50 bits per heavy atom. The number of likely N-dealkylation sites (N-methyl/N-ethyl adjacent to an activating group) is 1. The first-order chi connectivity index (χ1) is 8.40. The number of hydrogen-bond donors (Lipinski definition) is 2. The van der Waals surface area contributed by atoms with Crippen molar-refractivity contribution in [3.8, 4) is 0 Å². The molecule has 0 aliphatic carbocycles. The molecular formula is C12H23N3O3. The van der Waals surface area contributed by atoms with Gasteiger partial charge in [-0.1, -0.05) is 0 Å². The number of rotatable bonds is 6. The minimum absolute atomic E-state index is 0.300. The van der Waals surface area contributed by atoms with E-state index in [-0.39, 0.29) is 5.91 Å². The van der Waals surface area contributed by atoms with Crippen LogP contribution in [0.15, 0.2) is 0 Å². The standard InChI is InChI=1S/C12H23N3O3/c1-9(16)13-11(12(17)18)8-15-6-4-5-10(15)7-14(2)3/h10-11H,4-8H2,1-3H3,(H,13,16)(H,17,18). The van der Waals surface area contributed by atoms with Crippen LogP contribution < -0.4 is 5.32 Å². The molecule has 0 radical (unpaired) electrons. The maximum Gasteiger partial charge on any atom is 0.327 e. The van der Waals surface area contributed by atoms with Crippen molar-refractivity contribution in [3.63, 3.8) is 0 Å². The Morgan fingerprint density at radius 3 is 2.67 bits per heavy atom. The molecule has 0 aromatic rings. The lowest BCUT2D eigenvalue weighted by atomic mass is 10.2. The maximum atomic E-state index is 11.1. The summed E-state index contributed by atoms with van der Waals surface area (Å²) in [6.07, 6.45) is 2.18. The van der Waals surface area contributed by atoms with Gasteiger partial charge in [0.1, 0.15) is 6.04 Å². The lowest BCUT2D eigenvalue weighted by Crippen LogP contribution is -2.50. The quantitative estimate of drug-likeness (QED) is 0.677. The zero-order valence-electron chi connectivity index (χ0n) is 11.3. The molecule has 1 heterocycles. The van der Waals surface area contributed by atoms with Gasteiger partial charge in [0.15, 0.2) is 0 Å². The summed E-state index contributed by atoms with van der Waals surface area (Å²) in [5.74, 6) is -1.27. The van der Waals surface area contributed by atoms with Crippen molar-refractivity contribution in [1.82, 2.24) is 15.1 Å². The molecule has 104 valence electrons. The predicted octanol–water partition coefficient (Wildman–Crippen LogP) is -0.398. The second-order valence-corrected chi connectivity index (χ2v) is 5.14. The Labute approximate surface area is 108 Å². The van der Waals surface area contributed by atoms with Gasteiger partial charge >= 0.3 is 5.97 Å². The van der Waals surface area contributed by atoms with Crippen LogP contribution in [0.2, 0.25) is 0 Å². The van der Waals surface area contributed by atoms with E-state index in [1.165, 1.54) is 6.92 Å². The van der Waals surface area contributed by atoms with Crippen LogP contribution >= 0.6 is 0 Å². The molecule has 0 spiro atoms. The average molecular weight is 257 g/mol. The van der Waals surface area contributed by atoms with E-state index in [9.17, 15) is 9.59 Å². The second kappa shape index (κ2) is 6.70. The summed E-state index contributed by atoms with van der Waals surface area (Å²) in [7, 11) is 4.03. The highest BCUT2D eigenvalue weighted by atomic mass is 16.4. The minimum atomic E-state index is -0.972. The minimum Gasteiger partial charge on any atom is -0.480 e. The molecule has 1 amide bonds. The van der Waals surface area contributed by atoms with E-state index < -0.39 is 12.0 Å². The van der Waals surface area contributed by atoms with Gasteiger partial charge in [-0.3, -0.25) is 9.69 Å². The Morgan fingerprint density at radius 2 is 2.17 bits per heavy atom. The van der Waals surface area contributed by atoms with E-state index in [1.807, 2.05) is 14.1 Å². The number of amides is 1. The molecule has 1 fully saturated rings. The Hall–Kier alpha value is -1.14. The third-order valence-corrected chi connectivity index (χ3v) is 3.17. The largest absolute Gasteiger partial charge is 0.480 e. The molecule has 6 heteroatoms. The lowest BCUT2D eigenvalue weighted by Gasteiger charge is -2.29. The first-order valence-electron chi connectivity index (χ1n) is 6.29. The third-order valence-electron chi connectivity index (χ3n) is 3.17. The number of likely N-dealkylation sites (tertiary alicyclic amines) is 1. The fourth-order valence-electron chi connectivity index (χ4n) is 2.43. The van der Waals surface area contributed by atoms with Crippen LogP contribution in [0.4, 0.5) is 0 Å². The highest BCUT2D eigenvalue weighted by Gasteiger charge is 2.29. The van der Waals surface area contributed by atoms with Gasteiger partial charge in [-0.25, -0.2) is 4.79 Å². The van der Waals surface area contributed by atoms with Gasteiger partial charge in [0.25, 0.3) is 0 Å². The molecular weight excluding hydrogens is 234 g/mol. The Bertz CT molecular complexity index is 307. The average Bonchev–Trinajstić information content (AvgIpc) is 2.63. The number of carbonyl (C=O) groups excluding carboxylic acids is 1. The summed E-state index contributed by atoms with van der Waals surface area (Å²) in [5, 5.41) is 11.6. The molecule has 2 unspecified atom stereocenters. The Kier molecular flexibility index (Phi) is 5.55. The molecule has 2 atom stereocenters. The number of nitrogens with zero attached hydrogens (tertiary/aromatic N) is 2. The molecule has 1 aliphatic rings. The summed E-state index contributed by atoms with van der Waals surface area (Å²) in [4.78, 5) is 26.4. The summed E-state index contributed by atoms with van der Waals surface area (Å²) < 4.78 is 0. The monoisotopic (exact) mass is 257 g/mol. The molecule has 18 heavy (non-hydrogen) atoms. The fourth-order valence-corrected chi connectivity index (χ4v) is 2.43. The molecule has 1 aliphatic heterocycles. The van der Waals surface area contributed by atoms with Crippen LogP contribution in [-0.2, 0) is 9.59 Å². The van der Waals surface area contributed by atoms with E-state index >= 15 is 0 Å². The normalized spacial score (nSPS) is 22.1. The van der Waals surface area contributed by atoms with Gasteiger partial charge in [0.05, 0.1) is 0 Å². The van der Waals surface area contributed by atoms with Crippen molar-refractivity contribution in [3.05, 3.63) is 0 Å². The predicted molar refractivity (Wildman–Crippen MR) is 68.4 cm³/mol. The molecule has 0 bridgehead atoms. The van der Waals surface area contributed by atoms with E-state index in [4.69, 9.17) is 5.11 Å². The zero-order chi connectivity index (χ0) is 13.7. The zero-order valence-corrected chi connectivity index (χ0v) is 11.3. The second-order valence-electron chi connectivity index (χ2n) is 5.14. The summed E-state index contributed by atoms with van der Waals surface area (Å²) in [5.41, 5.74) is 0. The van der Waals surface area contributed by atoms with Gasteiger partial charge in [0, 0.05) is 26.1 Å². The van der Waals surface area contributed by atoms with Crippen LogP contribution in [-0.4, -0.2) is 72.6 Å². The van der Waals surface area contributed by atoms with Crippen LogP contribution in [0.25, 0.3) is 0 Å². The number of nitrogens with one attached hydrogen (secondary N) is 1. The highest BCUT2D eigenvalue weighted by molar-refractivity contribution is 5.82. The number of aliphatic carboxylic acids is 1. The molecule has 0 aromatic heterocycles. The Balaban J connectivity index is 2.56. The number of hydrogen-bond acceptors (Lipinski definition) is 4. The smallest absolute Gasteiger partial charge is 0.327 e. The van der Waals surface area contributed by atoms with Crippen LogP contribution in [0.5, 0.6) is 0 Å². The van der Waals surface area contributed by atoms with E-state index in [1.54, 1.807) is 0 Å². The van der Waals surface area contributed by atoms with Gasteiger partial charge < -0.3 is 15.3 Å². The van der Waals surface area contributed by atoms with Gasteiger partial charge in [-0.15, -0.1) is 0 Å². The first kappa shape index (κ1) is 14.9. The van der Waals surface area contributed by atoms with E-state index in [0.717, 1.165) is 25.9 Å². The van der Waals surface area contributed by atoms with E-state index in [2.05, 4.69) is 15.1 Å². The van der Waals surface area contributed by atoms with Gasteiger partial charge in [0.2, 0.25) is 5.91 Å². The molecule has 1 rings (SSSR count). The first-order valence-corrected chi connectivity index (χ1v) is 6.29. The summed E-state index contributed by atoms with van der Waals surface area (Å²) >= 11 is 0. The lowest BCUT2D eigenvalue weighted by molar-refractivity contribution is -0.142. The van der Waals surface area contributed by atoms with Crippen molar-refractivity contribution >= 4 is 11.9 Å². The molecule has 0 aromatic carbocycles. The number of carboxylic acid groups (broad SMARTS) is 1. The molecule has 6 nitrogen and oxygen atoms in total. The van der Waals surface area contributed by atoms with E-state index in [0.29, 0.717) is 12.6 Å². The maximum absolute atomic E-state index is 11.1. The number of carboxylic acids is 1.